The molecule has 1 amide bonds. The average molecular weight is 327 g/mol. The first kappa shape index (κ1) is 19.8. The van der Waals surface area contributed by atoms with E-state index >= 15 is 0 Å². The van der Waals surface area contributed by atoms with Crippen LogP contribution in [0.5, 0.6) is 0 Å². The average Bonchev–Trinajstić information content (AvgIpc) is 2.82. The van der Waals surface area contributed by atoms with Gasteiger partial charge in [-0.05, 0) is 60.3 Å². The molecule has 0 aliphatic heterocycles. The first-order valence-corrected chi connectivity index (χ1v) is 8.69. The Morgan fingerprint density at radius 3 is 2.00 bits per heavy atom. The third kappa shape index (κ3) is 8.82. The molecule has 0 spiro atoms. The predicted molar refractivity (Wildman–Crippen MR) is 90.2 cm³/mol. The molecule has 0 saturated heterocycles. The first-order chi connectivity index (χ1) is 10.5. The van der Waals surface area contributed by atoms with Gasteiger partial charge >= 0.3 is 12.1 Å². The molecule has 1 aliphatic carbocycles. The molecule has 0 aromatic carbocycles. The maximum atomic E-state index is 12.4. The Labute approximate surface area is 140 Å². The summed E-state index contributed by atoms with van der Waals surface area (Å²) < 4.78 is 10.7. The van der Waals surface area contributed by atoms with Crippen LogP contribution in [0.25, 0.3) is 0 Å². The molecule has 1 saturated carbocycles. The summed E-state index contributed by atoms with van der Waals surface area (Å²) in [5, 5.41) is 2.68. The minimum absolute atomic E-state index is 0.388. The van der Waals surface area contributed by atoms with Crippen molar-refractivity contribution in [3.63, 3.8) is 0 Å². The Balaban J connectivity index is 2.62. The Morgan fingerprint density at radius 1 is 1.00 bits per heavy atom. The highest BCUT2D eigenvalue weighted by atomic mass is 16.6. The number of amides is 1. The lowest BCUT2D eigenvalue weighted by Gasteiger charge is -2.26. The van der Waals surface area contributed by atoms with Gasteiger partial charge in [0.2, 0.25) is 0 Å². The van der Waals surface area contributed by atoms with E-state index in [-0.39, 0.29) is 5.97 Å². The van der Waals surface area contributed by atoms with Gasteiger partial charge in [-0.15, -0.1) is 0 Å². The Bertz CT molecular complexity index is 400. The van der Waals surface area contributed by atoms with Crippen molar-refractivity contribution in [2.75, 3.05) is 0 Å². The predicted octanol–water partition coefficient (Wildman–Crippen LogP) is 4.19. The number of hydrogen-bond acceptors (Lipinski definition) is 4. The number of alkyl carbamates (subject to hydrolysis) is 1. The number of esters is 1. The topological polar surface area (TPSA) is 64.6 Å². The largest absolute Gasteiger partial charge is 0.458 e. The monoisotopic (exact) mass is 327 g/mol. The molecule has 1 unspecified atom stereocenters. The van der Waals surface area contributed by atoms with E-state index in [0.717, 1.165) is 6.42 Å². The van der Waals surface area contributed by atoms with E-state index in [1.54, 1.807) is 20.8 Å². The third-order valence-electron chi connectivity index (χ3n) is 3.72. The standard InChI is InChI=1S/C18H33NO4/c1-17(2,3)22-15(20)14(12-11-13-9-7-8-10-13)19-16(21)23-18(4,5)6/h13-14H,7-12H2,1-6H3,(H,19,21). The van der Waals surface area contributed by atoms with Gasteiger partial charge < -0.3 is 14.8 Å². The second-order valence-corrected chi connectivity index (χ2v) is 8.46. The number of hydrogen-bond donors (Lipinski definition) is 1. The van der Waals surface area contributed by atoms with Gasteiger partial charge in [0.1, 0.15) is 17.2 Å². The normalized spacial score (nSPS) is 17.7. The Morgan fingerprint density at radius 2 is 1.52 bits per heavy atom. The zero-order valence-corrected chi connectivity index (χ0v) is 15.5. The minimum Gasteiger partial charge on any atom is -0.458 e. The fourth-order valence-corrected chi connectivity index (χ4v) is 2.77. The molecule has 0 bridgehead atoms. The van der Waals surface area contributed by atoms with Crippen LogP contribution in [0, 0.1) is 5.92 Å². The number of rotatable bonds is 5. The highest BCUT2D eigenvalue weighted by molar-refractivity contribution is 5.81. The van der Waals surface area contributed by atoms with Gasteiger partial charge in [-0.25, -0.2) is 9.59 Å². The van der Waals surface area contributed by atoms with Crippen molar-refractivity contribution >= 4 is 12.1 Å². The molecule has 23 heavy (non-hydrogen) atoms. The first-order valence-electron chi connectivity index (χ1n) is 8.69. The molecule has 0 aromatic heterocycles. The van der Waals surface area contributed by atoms with Gasteiger partial charge in [0.25, 0.3) is 0 Å². The van der Waals surface area contributed by atoms with E-state index in [1.807, 2.05) is 20.8 Å². The van der Waals surface area contributed by atoms with Crippen LogP contribution >= 0.6 is 0 Å². The van der Waals surface area contributed by atoms with Gasteiger partial charge in [-0.3, -0.25) is 0 Å². The molecule has 5 heteroatoms. The van der Waals surface area contributed by atoms with Crippen molar-refractivity contribution in [2.45, 2.75) is 97.3 Å². The molecule has 0 heterocycles. The Hall–Kier alpha value is -1.26. The van der Waals surface area contributed by atoms with Crippen molar-refractivity contribution in [3.05, 3.63) is 0 Å². The van der Waals surface area contributed by atoms with Crippen molar-refractivity contribution in [3.8, 4) is 0 Å². The van der Waals surface area contributed by atoms with E-state index in [2.05, 4.69) is 5.32 Å². The van der Waals surface area contributed by atoms with Crippen LogP contribution in [-0.4, -0.2) is 29.3 Å². The lowest BCUT2D eigenvalue weighted by molar-refractivity contribution is -0.157. The van der Waals surface area contributed by atoms with Crippen molar-refractivity contribution in [1.29, 1.82) is 0 Å². The summed E-state index contributed by atoms with van der Waals surface area (Å²) in [5.74, 6) is 0.265. The molecule has 1 fully saturated rings. The highest BCUT2D eigenvalue weighted by Crippen LogP contribution is 2.29. The molecular formula is C18H33NO4. The highest BCUT2D eigenvalue weighted by Gasteiger charge is 2.29. The molecule has 0 aromatic rings. The maximum Gasteiger partial charge on any atom is 0.408 e. The zero-order chi connectivity index (χ0) is 17.7. The summed E-state index contributed by atoms with van der Waals surface area (Å²) >= 11 is 0. The summed E-state index contributed by atoms with van der Waals surface area (Å²) in [6.07, 6.45) is 5.92. The molecule has 1 N–H and O–H groups in total. The number of carbonyl (C=O) groups excluding carboxylic acids is 2. The summed E-state index contributed by atoms with van der Waals surface area (Å²) in [4.78, 5) is 24.4. The fourth-order valence-electron chi connectivity index (χ4n) is 2.77. The SMILES string of the molecule is CC(C)(C)OC(=O)NC(CCC1CCCC1)C(=O)OC(C)(C)C. The van der Waals surface area contributed by atoms with Gasteiger partial charge in [-0.2, -0.15) is 0 Å². The second kappa shape index (κ2) is 8.02. The summed E-state index contributed by atoms with van der Waals surface area (Å²) in [6.45, 7) is 10.9. The molecule has 0 radical (unpaired) electrons. The van der Waals surface area contributed by atoms with Crippen LogP contribution in [0.15, 0.2) is 0 Å². The van der Waals surface area contributed by atoms with E-state index < -0.39 is 23.3 Å². The van der Waals surface area contributed by atoms with E-state index in [9.17, 15) is 9.59 Å². The van der Waals surface area contributed by atoms with Crippen molar-refractivity contribution in [1.82, 2.24) is 5.32 Å². The van der Waals surface area contributed by atoms with E-state index in [1.165, 1.54) is 25.7 Å². The van der Waals surface area contributed by atoms with Gasteiger partial charge in [0.05, 0.1) is 0 Å². The number of nitrogens with one attached hydrogen (secondary N) is 1. The maximum absolute atomic E-state index is 12.4. The molecule has 1 aliphatic rings. The molecule has 5 nitrogen and oxygen atoms in total. The van der Waals surface area contributed by atoms with Gasteiger partial charge in [0.15, 0.2) is 0 Å². The number of ether oxygens (including phenoxy) is 2. The van der Waals surface area contributed by atoms with Crippen molar-refractivity contribution < 1.29 is 19.1 Å². The van der Waals surface area contributed by atoms with E-state index in [0.29, 0.717) is 12.3 Å². The smallest absolute Gasteiger partial charge is 0.408 e. The third-order valence-corrected chi connectivity index (χ3v) is 3.72. The van der Waals surface area contributed by atoms with Gasteiger partial charge in [-0.1, -0.05) is 25.7 Å². The second-order valence-electron chi connectivity index (χ2n) is 8.46. The van der Waals surface area contributed by atoms with Gasteiger partial charge in [0, 0.05) is 0 Å². The lowest BCUT2D eigenvalue weighted by Crippen LogP contribution is -2.46. The molecule has 1 atom stereocenters. The zero-order valence-electron chi connectivity index (χ0n) is 15.5. The summed E-state index contributed by atoms with van der Waals surface area (Å²) in [7, 11) is 0. The molecule has 1 rings (SSSR count). The summed E-state index contributed by atoms with van der Waals surface area (Å²) in [5.41, 5.74) is -1.16. The quantitative estimate of drug-likeness (QED) is 0.769. The molecule has 134 valence electrons. The van der Waals surface area contributed by atoms with E-state index in [4.69, 9.17) is 9.47 Å². The summed E-state index contributed by atoms with van der Waals surface area (Å²) in [6, 6.07) is -0.648. The van der Waals surface area contributed by atoms with Crippen LogP contribution in [0.4, 0.5) is 4.79 Å². The van der Waals surface area contributed by atoms with Crippen LogP contribution in [-0.2, 0) is 14.3 Å². The fraction of sp³-hybridized carbons (Fsp3) is 0.889. The van der Waals surface area contributed by atoms with Crippen molar-refractivity contribution in [2.24, 2.45) is 5.92 Å². The van der Waals surface area contributed by atoms with Crippen LogP contribution in [0.2, 0.25) is 0 Å². The minimum atomic E-state index is -0.648. The lowest BCUT2D eigenvalue weighted by atomic mass is 9.98. The Kier molecular flexibility index (Phi) is 6.90. The van der Waals surface area contributed by atoms with Crippen LogP contribution < -0.4 is 5.32 Å². The molecular weight excluding hydrogens is 294 g/mol. The number of carbonyl (C=O) groups is 2. The van der Waals surface area contributed by atoms with Crippen LogP contribution in [0.1, 0.15) is 80.1 Å². The van der Waals surface area contributed by atoms with Crippen LogP contribution in [0.3, 0.4) is 0 Å².